The molecule has 0 fully saturated rings. The summed E-state index contributed by atoms with van der Waals surface area (Å²) in [6, 6.07) is 0. The maximum atomic E-state index is 5.90. The monoisotopic (exact) mass is 524 g/mol. The van der Waals surface area contributed by atoms with E-state index in [-0.39, 0.29) is 6.10 Å². The summed E-state index contributed by atoms with van der Waals surface area (Å²) in [6.45, 7) is 11.9. The number of unbranched alkanes of at least 4 members (excludes halogenated alkanes) is 3. The van der Waals surface area contributed by atoms with Crippen LogP contribution in [0.4, 0.5) is 0 Å². The van der Waals surface area contributed by atoms with E-state index in [1.165, 1.54) is 84.8 Å². The Kier molecular flexibility index (Phi) is 17.6. The third-order valence-electron chi connectivity index (χ3n) is 6.79. The number of hydrogen-bond acceptors (Lipinski definition) is 1. The summed E-state index contributed by atoms with van der Waals surface area (Å²) >= 11 is -0.556. The van der Waals surface area contributed by atoms with E-state index in [2.05, 4.69) is 64.7 Å². The molecule has 2 aliphatic rings. The summed E-state index contributed by atoms with van der Waals surface area (Å²) < 4.78 is 5.90. The molecule has 33 heavy (non-hydrogen) atoms. The van der Waals surface area contributed by atoms with Crippen LogP contribution in [0, 0.1) is 52.5 Å². The molecule has 1 aromatic rings. The molecular weight excluding hydrogens is 483 g/mol. The molecule has 2 aliphatic carbocycles. The predicted molar refractivity (Wildman–Crippen MR) is 142 cm³/mol. The molecular formula is C29H42Cl2OTi-2. The van der Waals surface area contributed by atoms with Gasteiger partial charge in [-0.1, -0.05) is 72.6 Å². The molecule has 1 unspecified atom stereocenters. The fourth-order valence-corrected chi connectivity index (χ4v) is 4.13. The van der Waals surface area contributed by atoms with Crippen LogP contribution < -0.4 is 0 Å². The van der Waals surface area contributed by atoms with Crippen molar-refractivity contribution in [2.75, 3.05) is 6.61 Å². The van der Waals surface area contributed by atoms with Crippen molar-refractivity contribution in [2.45, 2.75) is 111 Å². The van der Waals surface area contributed by atoms with Gasteiger partial charge in [0.1, 0.15) is 6.10 Å². The molecule has 0 bridgehead atoms. The maximum absolute atomic E-state index is 5.90. The van der Waals surface area contributed by atoms with Gasteiger partial charge in [0.05, 0.1) is 0 Å². The molecule has 4 heteroatoms. The Morgan fingerprint density at radius 1 is 1.03 bits per heavy atom. The van der Waals surface area contributed by atoms with Crippen molar-refractivity contribution >= 4 is 18.6 Å². The quantitative estimate of drug-likeness (QED) is 0.142. The third kappa shape index (κ3) is 12.8. The van der Waals surface area contributed by atoms with Crippen molar-refractivity contribution in [3.05, 3.63) is 51.6 Å². The zero-order valence-electron chi connectivity index (χ0n) is 21.4. The van der Waals surface area contributed by atoms with E-state index in [1.54, 1.807) is 0 Å². The van der Waals surface area contributed by atoms with Crippen LogP contribution in [0.3, 0.4) is 0 Å². The second kappa shape index (κ2) is 18.9. The third-order valence-corrected chi connectivity index (χ3v) is 6.79. The van der Waals surface area contributed by atoms with Gasteiger partial charge in [0.2, 0.25) is 0 Å². The Morgan fingerprint density at radius 3 is 2.27 bits per heavy atom. The number of hydrogen-bond donors (Lipinski definition) is 0. The average Bonchev–Trinajstić information content (AvgIpc) is 3.36. The normalized spacial score (nSPS) is 16.8. The van der Waals surface area contributed by atoms with Crippen molar-refractivity contribution in [1.82, 2.24) is 0 Å². The van der Waals surface area contributed by atoms with Crippen molar-refractivity contribution in [2.24, 2.45) is 0 Å². The van der Waals surface area contributed by atoms with Gasteiger partial charge in [-0.2, -0.15) is 33.9 Å². The van der Waals surface area contributed by atoms with Crippen LogP contribution in [-0.4, -0.2) is 12.7 Å². The molecule has 1 nitrogen and oxygen atoms in total. The van der Waals surface area contributed by atoms with Crippen LogP contribution in [0.15, 0.2) is 17.7 Å². The summed E-state index contributed by atoms with van der Waals surface area (Å²) in [5.41, 5.74) is 8.82. The summed E-state index contributed by atoms with van der Waals surface area (Å²) in [6.07, 6.45) is 21.2. The van der Waals surface area contributed by atoms with Gasteiger partial charge in [-0.05, 0) is 25.7 Å². The number of allylic oxidation sites excluding steroid dienone is 4. The van der Waals surface area contributed by atoms with Gasteiger partial charge in [-0.25, -0.2) is 11.6 Å². The predicted octanol–water partition coefficient (Wildman–Crippen LogP) is 9.30. The van der Waals surface area contributed by atoms with Crippen LogP contribution >= 0.6 is 18.6 Å². The second-order valence-electron chi connectivity index (χ2n) is 8.97. The SMILES string of the molecule is C1#CC(OCCCCCCC2=CC[C-]=C2)CCCCC1.Cc1c(C)c(C)[c-](C)c1C.[Cl][Ti][Cl]. The van der Waals surface area contributed by atoms with Gasteiger partial charge >= 0.3 is 35.6 Å². The molecule has 3 rings (SSSR count). The molecule has 0 amide bonds. The number of halogens is 2. The first-order chi connectivity index (χ1) is 15.9. The van der Waals surface area contributed by atoms with Crippen LogP contribution in [0.2, 0.25) is 0 Å². The van der Waals surface area contributed by atoms with E-state index >= 15 is 0 Å². The molecule has 184 valence electrons. The van der Waals surface area contributed by atoms with E-state index in [9.17, 15) is 0 Å². The molecule has 0 N–H and O–H groups in total. The first kappa shape index (κ1) is 30.7. The second-order valence-corrected chi connectivity index (χ2v) is 11.6. The average molecular weight is 525 g/mol. The molecule has 0 aliphatic heterocycles. The van der Waals surface area contributed by atoms with Crippen LogP contribution in [0.1, 0.15) is 98.4 Å². The number of rotatable bonds is 8. The van der Waals surface area contributed by atoms with Crippen molar-refractivity contribution < 1.29 is 21.8 Å². The minimum atomic E-state index is -0.556. The van der Waals surface area contributed by atoms with Gasteiger partial charge in [-0.3, -0.25) is 6.08 Å². The molecule has 0 radical (unpaired) electrons. The van der Waals surface area contributed by atoms with E-state index in [4.69, 9.17) is 23.3 Å². The Balaban J connectivity index is 0.000000349. The first-order valence-electron chi connectivity index (χ1n) is 12.4. The molecule has 0 aromatic heterocycles. The Hall–Kier alpha value is -0.356. The summed E-state index contributed by atoms with van der Waals surface area (Å²) in [4.78, 5) is 0. The van der Waals surface area contributed by atoms with Gasteiger partial charge in [0.25, 0.3) is 0 Å². The van der Waals surface area contributed by atoms with Gasteiger partial charge in [0.15, 0.2) is 0 Å². The molecule has 1 aromatic carbocycles. The van der Waals surface area contributed by atoms with Crippen LogP contribution in [0.5, 0.6) is 0 Å². The van der Waals surface area contributed by atoms with Gasteiger partial charge in [-0.15, -0.1) is 12.3 Å². The summed E-state index contributed by atoms with van der Waals surface area (Å²) in [5, 5.41) is 0. The first-order valence-corrected chi connectivity index (χ1v) is 16.7. The number of ether oxygens (including phenoxy) is 1. The van der Waals surface area contributed by atoms with Crippen LogP contribution in [-0.2, 0) is 21.8 Å². The van der Waals surface area contributed by atoms with E-state index in [0.29, 0.717) is 0 Å². The Bertz CT molecular complexity index is 714. The molecule has 0 saturated carbocycles. The zero-order valence-corrected chi connectivity index (χ0v) is 24.5. The fraction of sp³-hybridized carbons (Fsp3) is 0.621. The van der Waals surface area contributed by atoms with Crippen molar-refractivity contribution in [3.8, 4) is 11.8 Å². The van der Waals surface area contributed by atoms with Gasteiger partial charge < -0.3 is 4.74 Å². The summed E-state index contributed by atoms with van der Waals surface area (Å²) in [5.74, 6) is 6.51. The molecule has 0 saturated heterocycles. The standard InChI is InChI=1S/C19H27O.C10H15.2ClH.Ti/c1-2-7-15-19(16-8-3-1)20-17-11-5-4-6-12-18-13-9-10-14-18;1-6-7(2)9(4)10(5)8(6)3;;;/h13-14,19H,1-7,9,11-12,15,17H2;1-5H3;2*1H;/q2*-1;;;+2/p-2. The molecule has 1 atom stereocenters. The van der Waals surface area contributed by atoms with Gasteiger partial charge in [0, 0.05) is 13.0 Å². The Labute approximate surface area is 220 Å². The van der Waals surface area contributed by atoms with E-state index in [1.807, 2.05) is 0 Å². The van der Waals surface area contributed by atoms with Crippen molar-refractivity contribution in [1.29, 1.82) is 0 Å². The zero-order chi connectivity index (χ0) is 24.5. The topological polar surface area (TPSA) is 9.23 Å². The van der Waals surface area contributed by atoms with Crippen molar-refractivity contribution in [3.63, 3.8) is 0 Å². The molecule has 0 heterocycles. The minimum absolute atomic E-state index is 0.208. The van der Waals surface area contributed by atoms with E-state index in [0.717, 1.165) is 25.9 Å². The summed E-state index contributed by atoms with van der Waals surface area (Å²) in [7, 11) is 9.78. The Morgan fingerprint density at radius 2 is 1.70 bits per heavy atom. The van der Waals surface area contributed by atoms with Crippen LogP contribution in [0.25, 0.3) is 0 Å². The molecule has 0 spiro atoms. The van der Waals surface area contributed by atoms with E-state index < -0.39 is 17.0 Å². The fourth-order valence-electron chi connectivity index (χ4n) is 4.13.